The highest BCUT2D eigenvalue weighted by Crippen LogP contribution is 2.47. The van der Waals surface area contributed by atoms with Crippen molar-refractivity contribution in [2.45, 2.75) is 0 Å². The average Bonchev–Trinajstić information content (AvgIpc) is 2.24. The van der Waals surface area contributed by atoms with Crippen LogP contribution in [0.5, 0.6) is 5.75 Å². The molecule has 78 valence electrons. The van der Waals surface area contributed by atoms with E-state index in [1.54, 1.807) is 0 Å². The summed E-state index contributed by atoms with van der Waals surface area (Å²) in [5, 5.41) is 9.01. The zero-order valence-corrected chi connectivity index (χ0v) is 10.2. The Balaban J connectivity index is 0.000000791. The molecule has 1 N–H and O–H groups in total. The molecule has 0 fully saturated rings. The summed E-state index contributed by atoms with van der Waals surface area (Å²) in [5.74, 6) is -0.363. The van der Waals surface area contributed by atoms with Gasteiger partial charge in [0, 0.05) is 0 Å². The van der Waals surface area contributed by atoms with Crippen LogP contribution in [0.1, 0.15) is 0 Å². The van der Waals surface area contributed by atoms with Crippen molar-refractivity contribution in [1.29, 1.82) is 0 Å². The molecular weight excluding hydrogens is 293 g/mol. The lowest BCUT2D eigenvalue weighted by molar-refractivity contribution is -0.0979. The zero-order chi connectivity index (χ0) is 11.5. The maximum atomic E-state index is 9.20. The lowest BCUT2D eigenvalue weighted by Crippen LogP contribution is -1.78. The molecule has 0 saturated heterocycles. The smallest absolute Gasteiger partial charge is 0.155 e. The lowest BCUT2D eigenvalue weighted by Gasteiger charge is -2.06. The largest absolute Gasteiger partial charge is 0.505 e. The van der Waals surface area contributed by atoms with Gasteiger partial charge in [0.15, 0.2) is 5.75 Å². The Morgan fingerprint density at radius 2 is 0.929 bits per heavy atom. The third-order valence-electron chi connectivity index (χ3n) is 1.19. The fourth-order valence-electron chi connectivity index (χ4n) is 0.593. The monoisotopic (exact) mass is 294 g/mol. The standard InChI is InChI=1S/C6HCl5O.CH2O/c7-1-2(8)4(10)6(12)5(11)3(1)9;1-2/h12H;1H2. The quantitative estimate of drug-likeness (QED) is 0.566. The number of hydrogen-bond donors (Lipinski definition) is 1. The number of phenolic OH excluding ortho intramolecular Hbond substituents is 1. The van der Waals surface area contributed by atoms with Gasteiger partial charge in [-0.25, -0.2) is 0 Å². The molecule has 0 saturated carbocycles. The van der Waals surface area contributed by atoms with Crippen LogP contribution in [0.4, 0.5) is 0 Å². The summed E-state index contributed by atoms with van der Waals surface area (Å²) in [7, 11) is 0. The number of carbonyl (C=O) groups excluding carboxylic acids is 1. The first kappa shape index (κ1) is 14.1. The molecule has 0 aromatic heterocycles. The van der Waals surface area contributed by atoms with E-state index in [1.807, 2.05) is 6.79 Å². The minimum atomic E-state index is -0.363. The van der Waals surface area contributed by atoms with E-state index in [-0.39, 0.29) is 30.9 Å². The number of rotatable bonds is 0. The Morgan fingerprint density at radius 1 is 0.714 bits per heavy atom. The second kappa shape index (κ2) is 5.89. The van der Waals surface area contributed by atoms with Crippen molar-refractivity contribution in [2.75, 3.05) is 0 Å². The Labute approximate surface area is 105 Å². The van der Waals surface area contributed by atoms with Gasteiger partial charge in [0.1, 0.15) is 16.8 Å². The van der Waals surface area contributed by atoms with Gasteiger partial charge < -0.3 is 9.90 Å². The van der Waals surface area contributed by atoms with Crippen molar-refractivity contribution >= 4 is 64.8 Å². The molecule has 0 atom stereocenters. The first-order chi connectivity index (χ1) is 6.46. The van der Waals surface area contributed by atoms with Crippen LogP contribution in [0.2, 0.25) is 25.1 Å². The second-order valence-electron chi connectivity index (χ2n) is 1.92. The Bertz CT molecular complexity index is 247. The highest BCUT2D eigenvalue weighted by atomic mass is 35.5. The van der Waals surface area contributed by atoms with E-state index in [4.69, 9.17) is 62.8 Å². The van der Waals surface area contributed by atoms with Gasteiger partial charge in [0.2, 0.25) is 0 Å². The third kappa shape index (κ3) is 2.59. The molecule has 0 amide bonds. The molecule has 0 aliphatic rings. The van der Waals surface area contributed by atoms with Gasteiger partial charge >= 0.3 is 0 Å². The summed E-state index contributed by atoms with van der Waals surface area (Å²) in [6.45, 7) is 2.00. The highest BCUT2D eigenvalue weighted by molar-refractivity contribution is 6.55. The predicted molar refractivity (Wildman–Crippen MR) is 60.3 cm³/mol. The number of carbonyl (C=O) groups is 1. The third-order valence-corrected chi connectivity index (χ3v) is 3.44. The minimum absolute atomic E-state index is 0.00904. The summed E-state index contributed by atoms with van der Waals surface area (Å²) in [4.78, 5) is 8.00. The van der Waals surface area contributed by atoms with E-state index in [9.17, 15) is 5.11 Å². The molecular formula is C7H3Cl5O2. The maximum absolute atomic E-state index is 9.20. The SMILES string of the molecule is C=O.Oc1c(Cl)c(Cl)c(Cl)c(Cl)c1Cl. The molecule has 7 heteroatoms. The second-order valence-corrected chi connectivity index (χ2v) is 3.81. The van der Waals surface area contributed by atoms with Crippen molar-refractivity contribution in [2.24, 2.45) is 0 Å². The van der Waals surface area contributed by atoms with E-state index in [1.165, 1.54) is 0 Å². The normalized spacial score (nSPS) is 9.21. The number of halogens is 5. The molecule has 0 heterocycles. The van der Waals surface area contributed by atoms with Crippen LogP contribution in [0.15, 0.2) is 0 Å². The summed E-state index contributed by atoms with van der Waals surface area (Å²) in [6, 6.07) is 0. The summed E-state index contributed by atoms with van der Waals surface area (Å²) in [5.41, 5.74) is 0. The molecule has 0 spiro atoms. The molecule has 0 bridgehead atoms. The Hall–Kier alpha value is 0.140. The predicted octanol–water partition coefficient (Wildman–Crippen LogP) is 4.47. The number of aromatic hydroxyl groups is 1. The molecule has 14 heavy (non-hydrogen) atoms. The van der Waals surface area contributed by atoms with Crippen LogP contribution in [-0.2, 0) is 4.79 Å². The minimum Gasteiger partial charge on any atom is -0.505 e. The van der Waals surface area contributed by atoms with Gasteiger partial charge in [-0.05, 0) is 0 Å². The van der Waals surface area contributed by atoms with Gasteiger partial charge in [-0.2, -0.15) is 0 Å². The van der Waals surface area contributed by atoms with Crippen LogP contribution < -0.4 is 0 Å². The summed E-state index contributed by atoms with van der Waals surface area (Å²) < 4.78 is 0. The molecule has 0 radical (unpaired) electrons. The zero-order valence-electron chi connectivity index (χ0n) is 6.45. The number of hydrogen-bond acceptors (Lipinski definition) is 2. The summed E-state index contributed by atoms with van der Waals surface area (Å²) >= 11 is 27.9. The van der Waals surface area contributed by atoms with Crippen molar-refractivity contribution in [1.82, 2.24) is 0 Å². The topological polar surface area (TPSA) is 37.3 Å². The molecule has 2 nitrogen and oxygen atoms in total. The highest BCUT2D eigenvalue weighted by Gasteiger charge is 2.17. The lowest BCUT2D eigenvalue weighted by atomic mass is 10.3. The van der Waals surface area contributed by atoms with E-state index in [2.05, 4.69) is 0 Å². The van der Waals surface area contributed by atoms with Crippen LogP contribution in [0.25, 0.3) is 0 Å². The van der Waals surface area contributed by atoms with Crippen molar-refractivity contribution in [3.63, 3.8) is 0 Å². The molecule has 0 aliphatic carbocycles. The molecule has 1 rings (SSSR count). The van der Waals surface area contributed by atoms with Gasteiger partial charge in [0.25, 0.3) is 0 Å². The van der Waals surface area contributed by atoms with E-state index in [0.717, 1.165) is 0 Å². The fraction of sp³-hybridized carbons (Fsp3) is 0. The Morgan fingerprint density at radius 3 is 1.21 bits per heavy atom. The average molecular weight is 296 g/mol. The van der Waals surface area contributed by atoms with Gasteiger partial charge in [-0.3, -0.25) is 0 Å². The first-order valence-electron chi connectivity index (χ1n) is 2.96. The van der Waals surface area contributed by atoms with Crippen LogP contribution in [0, 0.1) is 0 Å². The fourth-order valence-corrected chi connectivity index (χ4v) is 1.72. The van der Waals surface area contributed by atoms with Crippen LogP contribution in [-0.4, -0.2) is 11.9 Å². The molecule has 0 aliphatic heterocycles. The Kier molecular flexibility index (Phi) is 5.94. The van der Waals surface area contributed by atoms with Crippen LogP contribution in [0.3, 0.4) is 0 Å². The molecule has 0 unspecified atom stereocenters. The number of phenols is 1. The van der Waals surface area contributed by atoms with E-state index >= 15 is 0 Å². The molecule has 1 aromatic rings. The van der Waals surface area contributed by atoms with Crippen molar-refractivity contribution < 1.29 is 9.90 Å². The van der Waals surface area contributed by atoms with Gasteiger partial charge in [-0.1, -0.05) is 58.0 Å². The van der Waals surface area contributed by atoms with Crippen LogP contribution >= 0.6 is 58.0 Å². The van der Waals surface area contributed by atoms with E-state index in [0.29, 0.717) is 0 Å². The van der Waals surface area contributed by atoms with Crippen molar-refractivity contribution in [3.8, 4) is 5.75 Å². The van der Waals surface area contributed by atoms with Gasteiger partial charge in [-0.15, -0.1) is 0 Å². The molecule has 1 aromatic carbocycles. The maximum Gasteiger partial charge on any atom is 0.155 e. The van der Waals surface area contributed by atoms with Crippen molar-refractivity contribution in [3.05, 3.63) is 25.1 Å². The summed E-state index contributed by atoms with van der Waals surface area (Å²) in [6.07, 6.45) is 0. The van der Waals surface area contributed by atoms with Gasteiger partial charge in [0.05, 0.1) is 15.1 Å². The first-order valence-corrected chi connectivity index (χ1v) is 4.85. The van der Waals surface area contributed by atoms with E-state index < -0.39 is 0 Å². The number of benzene rings is 1.